The molecule has 0 fully saturated rings. The number of nitrogens with zero attached hydrogens (tertiary/aromatic N) is 3. The molecule has 0 bridgehead atoms. The van der Waals surface area contributed by atoms with E-state index in [0.29, 0.717) is 6.54 Å². The minimum absolute atomic E-state index is 0.488. The number of hydrogen-bond donors (Lipinski definition) is 1. The van der Waals surface area contributed by atoms with E-state index in [1.807, 2.05) is 34.0 Å². The summed E-state index contributed by atoms with van der Waals surface area (Å²) in [4.78, 5) is 0.878. The van der Waals surface area contributed by atoms with Gasteiger partial charge >= 0.3 is 0 Å². The Morgan fingerprint density at radius 3 is 2.71 bits per heavy atom. The van der Waals surface area contributed by atoms with Crippen molar-refractivity contribution >= 4 is 32.2 Å². The molecule has 0 aliphatic carbocycles. The third kappa shape index (κ3) is 1.78. The Labute approximate surface area is 110 Å². The number of thiazole rings is 1. The molecular weight excluding hydrogens is 300 g/mol. The van der Waals surface area contributed by atoms with E-state index >= 15 is 0 Å². The van der Waals surface area contributed by atoms with Crippen LogP contribution in [0.15, 0.2) is 34.1 Å². The summed E-state index contributed by atoms with van der Waals surface area (Å²) in [5, 5.41) is 10.4. The summed E-state index contributed by atoms with van der Waals surface area (Å²) in [7, 11) is 0. The van der Waals surface area contributed by atoms with Gasteiger partial charge in [0.15, 0.2) is 5.82 Å². The van der Waals surface area contributed by atoms with Gasteiger partial charge in [0.25, 0.3) is 0 Å². The molecule has 2 N–H and O–H groups in total. The highest BCUT2D eigenvalue weighted by atomic mass is 79.9. The lowest BCUT2D eigenvalue weighted by atomic mass is 10.2. The molecule has 0 aliphatic rings. The fourth-order valence-corrected chi connectivity index (χ4v) is 2.81. The quantitative estimate of drug-likeness (QED) is 0.792. The van der Waals surface area contributed by atoms with E-state index in [1.54, 1.807) is 11.3 Å². The second kappa shape index (κ2) is 4.21. The highest BCUT2D eigenvalue weighted by Crippen LogP contribution is 2.24. The van der Waals surface area contributed by atoms with Crippen LogP contribution in [0, 0.1) is 0 Å². The van der Waals surface area contributed by atoms with E-state index in [1.165, 1.54) is 0 Å². The third-order valence-corrected chi connectivity index (χ3v) is 3.93. The van der Waals surface area contributed by atoms with Gasteiger partial charge in [-0.3, -0.25) is 4.40 Å². The van der Waals surface area contributed by atoms with Gasteiger partial charge < -0.3 is 5.73 Å². The summed E-state index contributed by atoms with van der Waals surface area (Å²) in [6.45, 7) is 0.488. The number of aromatic nitrogens is 3. The van der Waals surface area contributed by atoms with Crippen molar-refractivity contribution in [3.63, 3.8) is 0 Å². The smallest absolute Gasteiger partial charge is 0.216 e. The van der Waals surface area contributed by atoms with Crippen molar-refractivity contribution in [3.05, 3.63) is 39.8 Å². The first-order valence-electron chi connectivity index (χ1n) is 5.07. The van der Waals surface area contributed by atoms with Crippen LogP contribution in [0.2, 0.25) is 0 Å². The molecule has 2 aromatic heterocycles. The second-order valence-electron chi connectivity index (χ2n) is 3.58. The standard InChI is InChI=1S/C11H9BrN4S/c12-8-3-1-7(2-4-8)10-14-15-11-16(10)9(5-13)6-17-11/h1-4,6H,5,13H2. The minimum Gasteiger partial charge on any atom is -0.325 e. The molecule has 0 unspecified atom stereocenters. The lowest BCUT2D eigenvalue weighted by Crippen LogP contribution is -2.01. The maximum absolute atomic E-state index is 5.71. The molecule has 0 amide bonds. The van der Waals surface area contributed by atoms with Crippen LogP contribution in [0.25, 0.3) is 16.3 Å². The maximum atomic E-state index is 5.71. The van der Waals surface area contributed by atoms with Gasteiger partial charge in [-0.1, -0.05) is 28.1 Å². The van der Waals surface area contributed by atoms with Crippen LogP contribution in [-0.4, -0.2) is 14.6 Å². The summed E-state index contributed by atoms with van der Waals surface area (Å²) in [5.41, 5.74) is 7.78. The lowest BCUT2D eigenvalue weighted by molar-refractivity contribution is 0.962. The highest BCUT2D eigenvalue weighted by Gasteiger charge is 2.12. The molecule has 86 valence electrons. The Morgan fingerprint density at radius 1 is 1.24 bits per heavy atom. The lowest BCUT2D eigenvalue weighted by Gasteiger charge is -2.00. The zero-order chi connectivity index (χ0) is 11.8. The van der Waals surface area contributed by atoms with E-state index < -0.39 is 0 Å². The molecule has 0 aliphatic heterocycles. The Kier molecular flexibility index (Phi) is 2.70. The molecule has 4 nitrogen and oxygen atoms in total. The minimum atomic E-state index is 0.488. The van der Waals surface area contributed by atoms with Gasteiger partial charge in [-0.25, -0.2) is 0 Å². The van der Waals surface area contributed by atoms with Crippen LogP contribution in [0.5, 0.6) is 0 Å². The van der Waals surface area contributed by atoms with Crippen LogP contribution in [0.3, 0.4) is 0 Å². The van der Waals surface area contributed by atoms with Crippen LogP contribution in [0.4, 0.5) is 0 Å². The fourth-order valence-electron chi connectivity index (χ4n) is 1.70. The van der Waals surface area contributed by atoms with Crippen molar-refractivity contribution in [2.75, 3.05) is 0 Å². The topological polar surface area (TPSA) is 56.2 Å². The molecule has 0 saturated carbocycles. The molecule has 0 radical (unpaired) electrons. The first-order chi connectivity index (χ1) is 8.29. The van der Waals surface area contributed by atoms with Gasteiger partial charge in [-0.05, 0) is 12.1 Å². The molecule has 2 heterocycles. The maximum Gasteiger partial charge on any atom is 0.216 e. The van der Waals surface area contributed by atoms with E-state index in [4.69, 9.17) is 5.73 Å². The SMILES string of the molecule is NCc1csc2nnc(-c3ccc(Br)cc3)n12. The number of rotatable bonds is 2. The van der Waals surface area contributed by atoms with E-state index in [0.717, 1.165) is 26.5 Å². The van der Waals surface area contributed by atoms with E-state index in [-0.39, 0.29) is 0 Å². The Morgan fingerprint density at radius 2 is 2.00 bits per heavy atom. The molecular formula is C11H9BrN4S. The number of benzene rings is 1. The molecule has 17 heavy (non-hydrogen) atoms. The summed E-state index contributed by atoms with van der Waals surface area (Å²) >= 11 is 4.98. The average Bonchev–Trinajstić information content (AvgIpc) is 2.91. The molecule has 3 rings (SSSR count). The molecule has 3 aromatic rings. The van der Waals surface area contributed by atoms with E-state index in [9.17, 15) is 0 Å². The Balaban J connectivity index is 2.22. The van der Waals surface area contributed by atoms with Gasteiger partial charge in [-0.2, -0.15) is 0 Å². The zero-order valence-electron chi connectivity index (χ0n) is 8.80. The molecule has 0 atom stereocenters. The number of halogens is 1. The van der Waals surface area contributed by atoms with Crippen molar-refractivity contribution in [2.45, 2.75) is 6.54 Å². The van der Waals surface area contributed by atoms with Crippen molar-refractivity contribution in [3.8, 4) is 11.4 Å². The summed E-state index contributed by atoms with van der Waals surface area (Å²) < 4.78 is 3.06. The monoisotopic (exact) mass is 308 g/mol. The predicted molar refractivity (Wildman–Crippen MR) is 71.9 cm³/mol. The largest absolute Gasteiger partial charge is 0.325 e. The number of hydrogen-bond acceptors (Lipinski definition) is 4. The van der Waals surface area contributed by atoms with Gasteiger partial charge in [0.05, 0.1) is 5.69 Å². The van der Waals surface area contributed by atoms with E-state index in [2.05, 4.69) is 26.1 Å². The summed E-state index contributed by atoms with van der Waals surface area (Å²) in [6, 6.07) is 8.01. The van der Waals surface area contributed by atoms with Gasteiger partial charge in [0, 0.05) is 22.0 Å². The number of fused-ring (bicyclic) bond motifs is 1. The van der Waals surface area contributed by atoms with Crippen LogP contribution < -0.4 is 5.73 Å². The average molecular weight is 309 g/mol. The predicted octanol–water partition coefficient (Wildman–Crippen LogP) is 2.68. The molecule has 1 aromatic carbocycles. The van der Waals surface area contributed by atoms with Gasteiger partial charge in [-0.15, -0.1) is 21.5 Å². The van der Waals surface area contributed by atoms with Crippen molar-refractivity contribution < 1.29 is 0 Å². The van der Waals surface area contributed by atoms with Gasteiger partial charge in [0.1, 0.15) is 0 Å². The highest BCUT2D eigenvalue weighted by molar-refractivity contribution is 9.10. The van der Waals surface area contributed by atoms with Crippen molar-refractivity contribution in [1.29, 1.82) is 0 Å². The Hall–Kier alpha value is -1.24. The van der Waals surface area contributed by atoms with Crippen LogP contribution >= 0.6 is 27.3 Å². The Bertz CT molecular complexity index is 656. The van der Waals surface area contributed by atoms with Crippen molar-refractivity contribution in [2.24, 2.45) is 5.73 Å². The second-order valence-corrected chi connectivity index (χ2v) is 5.33. The van der Waals surface area contributed by atoms with Crippen LogP contribution in [0.1, 0.15) is 5.69 Å². The molecule has 0 spiro atoms. The third-order valence-electron chi connectivity index (χ3n) is 2.53. The summed E-state index contributed by atoms with van der Waals surface area (Å²) in [6.07, 6.45) is 0. The normalized spacial score (nSPS) is 11.2. The fraction of sp³-hybridized carbons (Fsp3) is 0.0909. The van der Waals surface area contributed by atoms with Gasteiger partial charge in [0.2, 0.25) is 4.96 Å². The first kappa shape index (κ1) is 10.9. The zero-order valence-corrected chi connectivity index (χ0v) is 11.2. The molecule has 6 heteroatoms. The van der Waals surface area contributed by atoms with Crippen LogP contribution in [-0.2, 0) is 6.54 Å². The number of nitrogens with two attached hydrogens (primary N) is 1. The van der Waals surface area contributed by atoms with Crippen molar-refractivity contribution in [1.82, 2.24) is 14.6 Å². The first-order valence-corrected chi connectivity index (χ1v) is 6.74. The summed E-state index contributed by atoms with van der Waals surface area (Å²) in [5.74, 6) is 0.842. The molecule has 0 saturated heterocycles.